The number of halogens is 1. The van der Waals surface area contributed by atoms with E-state index >= 15 is 0 Å². The zero-order chi connectivity index (χ0) is 13.4. The molecule has 4 heteroatoms. The lowest BCUT2D eigenvalue weighted by atomic mass is 9.92. The summed E-state index contributed by atoms with van der Waals surface area (Å²) in [6.07, 6.45) is 2.00. The fraction of sp³-hybridized carbons (Fsp3) is 0.600. The minimum atomic E-state index is -0.476. The van der Waals surface area contributed by atoms with Gasteiger partial charge in [-0.2, -0.15) is 0 Å². The molecule has 0 radical (unpaired) electrons. The Morgan fingerprint density at radius 3 is 3.05 bits per heavy atom. The van der Waals surface area contributed by atoms with Crippen LogP contribution in [0.4, 0.5) is 0 Å². The highest BCUT2D eigenvalue weighted by Gasteiger charge is 2.35. The van der Waals surface area contributed by atoms with Gasteiger partial charge in [0.25, 0.3) is 0 Å². The Hall–Kier alpha value is -0.770. The number of aliphatic hydroxyl groups excluding tert-OH is 1. The van der Waals surface area contributed by atoms with E-state index in [1.165, 1.54) is 12.8 Å². The highest BCUT2D eigenvalue weighted by atomic mass is 35.5. The summed E-state index contributed by atoms with van der Waals surface area (Å²) >= 11 is 6.10. The third-order valence-electron chi connectivity index (χ3n) is 4.15. The standard InChI is InChI=1S/C15H20ClNO2/c1-10-3-2-6-17(8-10)15-12-7-11(16)4-5-14(12)19-9-13(15)18/h4-5,7,10,13,15,18H,2-3,6,8-9H2,1H3. The summed E-state index contributed by atoms with van der Waals surface area (Å²) in [7, 11) is 0. The Kier molecular flexibility index (Phi) is 3.70. The van der Waals surface area contributed by atoms with E-state index < -0.39 is 6.10 Å². The monoisotopic (exact) mass is 281 g/mol. The van der Waals surface area contributed by atoms with Crippen molar-refractivity contribution in [2.75, 3.05) is 19.7 Å². The first kappa shape index (κ1) is 13.2. The van der Waals surface area contributed by atoms with Crippen molar-refractivity contribution >= 4 is 11.6 Å². The van der Waals surface area contributed by atoms with Crippen LogP contribution in [0.3, 0.4) is 0 Å². The van der Waals surface area contributed by atoms with Gasteiger partial charge in [-0.1, -0.05) is 18.5 Å². The molecule has 1 aromatic rings. The minimum absolute atomic E-state index is 0.0187. The van der Waals surface area contributed by atoms with Gasteiger partial charge in [-0.25, -0.2) is 0 Å². The third-order valence-corrected chi connectivity index (χ3v) is 4.38. The number of nitrogens with zero attached hydrogens (tertiary/aromatic N) is 1. The molecule has 0 saturated carbocycles. The highest BCUT2D eigenvalue weighted by Crippen LogP contribution is 2.39. The van der Waals surface area contributed by atoms with Crippen LogP contribution in [0.1, 0.15) is 31.4 Å². The average Bonchev–Trinajstić information content (AvgIpc) is 2.38. The van der Waals surface area contributed by atoms with E-state index in [4.69, 9.17) is 16.3 Å². The number of likely N-dealkylation sites (tertiary alicyclic amines) is 1. The molecule has 0 aliphatic carbocycles. The maximum Gasteiger partial charge on any atom is 0.124 e. The van der Waals surface area contributed by atoms with Crippen LogP contribution in [0, 0.1) is 5.92 Å². The summed E-state index contributed by atoms with van der Waals surface area (Å²) in [5.41, 5.74) is 1.03. The molecule has 104 valence electrons. The van der Waals surface area contributed by atoms with Gasteiger partial charge in [0, 0.05) is 17.1 Å². The lowest BCUT2D eigenvalue weighted by Crippen LogP contribution is -2.46. The van der Waals surface area contributed by atoms with Gasteiger partial charge < -0.3 is 9.84 Å². The molecule has 3 unspecified atom stereocenters. The van der Waals surface area contributed by atoms with Crippen LogP contribution < -0.4 is 4.74 Å². The first-order chi connectivity index (χ1) is 9.15. The summed E-state index contributed by atoms with van der Waals surface area (Å²) in [5.74, 6) is 1.55. The zero-order valence-corrected chi connectivity index (χ0v) is 11.9. The maximum atomic E-state index is 10.3. The second-order valence-electron chi connectivity index (χ2n) is 5.75. The van der Waals surface area contributed by atoms with Crippen LogP contribution in [-0.4, -0.2) is 35.8 Å². The van der Waals surface area contributed by atoms with E-state index in [0.29, 0.717) is 17.5 Å². The Morgan fingerprint density at radius 2 is 2.26 bits per heavy atom. The summed E-state index contributed by atoms with van der Waals surface area (Å²) < 4.78 is 5.60. The molecule has 0 bridgehead atoms. The van der Waals surface area contributed by atoms with Crippen LogP contribution in [0.2, 0.25) is 5.02 Å². The molecule has 3 atom stereocenters. The van der Waals surface area contributed by atoms with E-state index in [2.05, 4.69) is 11.8 Å². The normalized spacial score (nSPS) is 31.6. The molecule has 1 N–H and O–H groups in total. The molecule has 2 aliphatic heterocycles. The second kappa shape index (κ2) is 5.31. The van der Waals surface area contributed by atoms with E-state index in [9.17, 15) is 5.11 Å². The SMILES string of the molecule is CC1CCCN(C2c3cc(Cl)ccc3OCC2O)C1. The molecule has 2 aliphatic rings. The first-order valence-electron chi connectivity index (χ1n) is 6.99. The largest absolute Gasteiger partial charge is 0.490 e. The topological polar surface area (TPSA) is 32.7 Å². The van der Waals surface area contributed by atoms with Gasteiger partial charge in [0.15, 0.2) is 0 Å². The van der Waals surface area contributed by atoms with Gasteiger partial charge in [0.1, 0.15) is 18.5 Å². The van der Waals surface area contributed by atoms with Gasteiger partial charge in [-0.15, -0.1) is 0 Å². The van der Waals surface area contributed by atoms with Gasteiger partial charge in [0.2, 0.25) is 0 Å². The molecule has 0 aromatic heterocycles. The van der Waals surface area contributed by atoms with Crippen molar-refractivity contribution in [3.8, 4) is 5.75 Å². The molecule has 0 spiro atoms. The lowest BCUT2D eigenvalue weighted by molar-refractivity contribution is -0.0140. The van der Waals surface area contributed by atoms with Crippen LogP contribution in [0.25, 0.3) is 0 Å². The molecular weight excluding hydrogens is 262 g/mol. The molecule has 1 fully saturated rings. The predicted molar refractivity (Wildman–Crippen MR) is 75.7 cm³/mol. The smallest absolute Gasteiger partial charge is 0.124 e. The van der Waals surface area contributed by atoms with Crippen molar-refractivity contribution < 1.29 is 9.84 Å². The first-order valence-corrected chi connectivity index (χ1v) is 7.37. The molecule has 3 nitrogen and oxygen atoms in total. The summed E-state index contributed by atoms with van der Waals surface area (Å²) in [6.45, 7) is 4.71. The fourth-order valence-electron chi connectivity index (χ4n) is 3.27. The van der Waals surface area contributed by atoms with Crippen LogP contribution >= 0.6 is 11.6 Å². The fourth-order valence-corrected chi connectivity index (χ4v) is 3.45. The van der Waals surface area contributed by atoms with Crippen LogP contribution in [-0.2, 0) is 0 Å². The number of benzene rings is 1. The zero-order valence-electron chi connectivity index (χ0n) is 11.2. The molecule has 3 rings (SSSR count). The van der Waals surface area contributed by atoms with Gasteiger partial charge >= 0.3 is 0 Å². The predicted octanol–water partition coefficient (Wildman–Crippen LogP) is 2.87. The Labute approximate surface area is 119 Å². The van der Waals surface area contributed by atoms with Crippen molar-refractivity contribution in [3.63, 3.8) is 0 Å². The maximum absolute atomic E-state index is 10.3. The number of ether oxygens (including phenoxy) is 1. The molecule has 2 heterocycles. The quantitative estimate of drug-likeness (QED) is 0.859. The van der Waals surface area contributed by atoms with Crippen molar-refractivity contribution in [1.29, 1.82) is 0 Å². The number of hydrogen-bond donors (Lipinski definition) is 1. The van der Waals surface area contributed by atoms with Gasteiger partial charge in [-0.3, -0.25) is 4.90 Å². The van der Waals surface area contributed by atoms with Crippen LogP contribution in [0.5, 0.6) is 5.75 Å². The minimum Gasteiger partial charge on any atom is -0.490 e. The van der Waals surface area contributed by atoms with Crippen molar-refractivity contribution in [1.82, 2.24) is 4.90 Å². The van der Waals surface area contributed by atoms with E-state index in [-0.39, 0.29) is 6.04 Å². The van der Waals surface area contributed by atoms with Gasteiger partial charge in [0.05, 0.1) is 6.04 Å². The Bertz CT molecular complexity index is 465. The highest BCUT2D eigenvalue weighted by molar-refractivity contribution is 6.30. The second-order valence-corrected chi connectivity index (χ2v) is 6.18. The number of aliphatic hydroxyl groups is 1. The molecule has 1 saturated heterocycles. The number of rotatable bonds is 1. The molecule has 19 heavy (non-hydrogen) atoms. The average molecular weight is 282 g/mol. The van der Waals surface area contributed by atoms with E-state index in [0.717, 1.165) is 24.4 Å². The number of fused-ring (bicyclic) bond motifs is 1. The van der Waals surface area contributed by atoms with Crippen LogP contribution in [0.15, 0.2) is 18.2 Å². The van der Waals surface area contributed by atoms with E-state index in [1.807, 2.05) is 18.2 Å². The summed E-state index contributed by atoms with van der Waals surface area (Å²) in [6, 6.07) is 5.70. The summed E-state index contributed by atoms with van der Waals surface area (Å²) in [4.78, 5) is 2.39. The number of hydrogen-bond acceptors (Lipinski definition) is 3. The van der Waals surface area contributed by atoms with Crippen molar-refractivity contribution in [3.05, 3.63) is 28.8 Å². The third kappa shape index (κ3) is 2.60. The molecule has 1 aromatic carbocycles. The Morgan fingerprint density at radius 1 is 1.42 bits per heavy atom. The molecule has 0 amide bonds. The van der Waals surface area contributed by atoms with Gasteiger partial charge in [-0.05, 0) is 43.5 Å². The van der Waals surface area contributed by atoms with E-state index in [1.54, 1.807) is 0 Å². The van der Waals surface area contributed by atoms with Crippen molar-refractivity contribution in [2.45, 2.75) is 31.9 Å². The van der Waals surface area contributed by atoms with Crippen molar-refractivity contribution in [2.24, 2.45) is 5.92 Å². The number of piperidine rings is 1. The lowest BCUT2D eigenvalue weighted by Gasteiger charge is -2.42. The Balaban J connectivity index is 1.93. The summed E-state index contributed by atoms with van der Waals surface area (Å²) in [5, 5.41) is 11.0. The molecular formula is C15H20ClNO2.